The van der Waals surface area contributed by atoms with Gasteiger partial charge in [-0.15, -0.1) is 0 Å². The number of rotatable bonds is 6. The summed E-state index contributed by atoms with van der Waals surface area (Å²) in [6, 6.07) is 0.688. The Kier molecular flexibility index (Phi) is 3.36. The molecule has 1 aromatic rings. The highest BCUT2D eigenvalue weighted by Gasteiger charge is 2.32. The molecular formula is C11H20N4. The second-order valence-electron chi connectivity index (χ2n) is 4.74. The largest absolute Gasteiger partial charge is 0.313 e. The fourth-order valence-corrected chi connectivity index (χ4v) is 2.11. The number of aromatic nitrogens is 3. The van der Waals surface area contributed by atoms with Crippen LogP contribution in [0.15, 0.2) is 6.33 Å². The van der Waals surface area contributed by atoms with Crippen LogP contribution in [0.4, 0.5) is 0 Å². The van der Waals surface area contributed by atoms with Crippen molar-refractivity contribution in [3.8, 4) is 0 Å². The van der Waals surface area contributed by atoms with Gasteiger partial charge < -0.3 is 5.32 Å². The molecule has 0 spiro atoms. The molecule has 2 N–H and O–H groups in total. The average molecular weight is 208 g/mol. The van der Waals surface area contributed by atoms with Crippen LogP contribution in [0.1, 0.15) is 32.5 Å². The van der Waals surface area contributed by atoms with E-state index in [1.54, 1.807) is 6.33 Å². The zero-order chi connectivity index (χ0) is 10.7. The molecule has 1 aromatic heterocycles. The zero-order valence-electron chi connectivity index (χ0n) is 9.53. The van der Waals surface area contributed by atoms with Gasteiger partial charge in [-0.1, -0.05) is 13.8 Å². The van der Waals surface area contributed by atoms with Crippen LogP contribution in [0.5, 0.6) is 0 Å². The summed E-state index contributed by atoms with van der Waals surface area (Å²) in [5, 5.41) is 10.4. The van der Waals surface area contributed by atoms with Crippen molar-refractivity contribution in [1.29, 1.82) is 0 Å². The molecular weight excluding hydrogens is 188 g/mol. The fraction of sp³-hybridized carbons (Fsp3) is 0.818. The van der Waals surface area contributed by atoms with E-state index in [2.05, 4.69) is 34.3 Å². The van der Waals surface area contributed by atoms with Gasteiger partial charge in [-0.05, 0) is 24.7 Å². The van der Waals surface area contributed by atoms with Gasteiger partial charge >= 0.3 is 0 Å². The van der Waals surface area contributed by atoms with E-state index in [9.17, 15) is 0 Å². The Morgan fingerprint density at radius 1 is 1.53 bits per heavy atom. The first-order valence-electron chi connectivity index (χ1n) is 5.85. The molecule has 84 valence electrons. The first-order chi connectivity index (χ1) is 7.27. The summed E-state index contributed by atoms with van der Waals surface area (Å²) >= 11 is 0. The Morgan fingerprint density at radius 2 is 2.33 bits per heavy atom. The van der Waals surface area contributed by atoms with Crippen molar-refractivity contribution in [3.63, 3.8) is 0 Å². The molecule has 1 saturated carbocycles. The Bertz CT molecular complexity index is 275. The van der Waals surface area contributed by atoms with Crippen LogP contribution in [0, 0.1) is 11.8 Å². The quantitative estimate of drug-likeness (QED) is 0.742. The summed E-state index contributed by atoms with van der Waals surface area (Å²) in [7, 11) is 0. The van der Waals surface area contributed by atoms with Gasteiger partial charge in [0.2, 0.25) is 0 Å². The minimum atomic E-state index is 0.688. The summed E-state index contributed by atoms with van der Waals surface area (Å²) in [5.74, 6) is 2.62. The van der Waals surface area contributed by atoms with Gasteiger partial charge in [0.05, 0.1) is 0 Å². The molecule has 0 amide bonds. The molecule has 15 heavy (non-hydrogen) atoms. The maximum absolute atomic E-state index is 4.11. The number of hydrogen-bond donors (Lipinski definition) is 2. The Morgan fingerprint density at radius 3 is 2.87 bits per heavy atom. The summed E-state index contributed by atoms with van der Waals surface area (Å²) in [5.41, 5.74) is 0. The van der Waals surface area contributed by atoms with Crippen LogP contribution in [0.25, 0.3) is 0 Å². The maximum atomic E-state index is 4.11. The van der Waals surface area contributed by atoms with Gasteiger partial charge in [-0.2, -0.15) is 5.10 Å². The number of hydrogen-bond acceptors (Lipinski definition) is 3. The molecule has 1 heterocycles. The Hall–Kier alpha value is -0.900. The summed E-state index contributed by atoms with van der Waals surface area (Å²) < 4.78 is 0. The number of nitrogens with zero attached hydrogens (tertiary/aromatic N) is 2. The molecule has 4 nitrogen and oxygen atoms in total. The van der Waals surface area contributed by atoms with Crippen molar-refractivity contribution in [3.05, 3.63) is 12.2 Å². The van der Waals surface area contributed by atoms with E-state index < -0.39 is 0 Å². The molecule has 1 aliphatic carbocycles. The van der Waals surface area contributed by atoms with E-state index in [1.165, 1.54) is 12.8 Å². The lowest BCUT2D eigenvalue weighted by molar-refractivity contribution is 0.362. The van der Waals surface area contributed by atoms with E-state index in [1.807, 2.05) is 0 Å². The van der Waals surface area contributed by atoms with Gasteiger partial charge in [-0.3, -0.25) is 5.10 Å². The smallest absolute Gasteiger partial charge is 0.137 e. The third-order valence-corrected chi connectivity index (χ3v) is 3.05. The number of H-pyrrole nitrogens is 1. The molecule has 1 aliphatic rings. The second-order valence-corrected chi connectivity index (χ2v) is 4.74. The molecule has 0 radical (unpaired) electrons. The van der Waals surface area contributed by atoms with E-state index in [-0.39, 0.29) is 0 Å². The molecule has 1 unspecified atom stereocenters. The van der Waals surface area contributed by atoms with E-state index >= 15 is 0 Å². The molecule has 4 heteroatoms. The minimum absolute atomic E-state index is 0.688. The predicted octanol–water partition coefficient (Wildman–Crippen LogP) is 1.37. The van der Waals surface area contributed by atoms with Gasteiger partial charge in [0.25, 0.3) is 0 Å². The maximum Gasteiger partial charge on any atom is 0.137 e. The van der Waals surface area contributed by atoms with Crippen molar-refractivity contribution < 1.29 is 0 Å². The Labute approximate surface area is 90.9 Å². The van der Waals surface area contributed by atoms with Crippen LogP contribution in [-0.4, -0.2) is 27.8 Å². The predicted molar refractivity (Wildman–Crippen MR) is 59.4 cm³/mol. The summed E-state index contributed by atoms with van der Waals surface area (Å²) in [6.45, 7) is 5.59. The lowest BCUT2D eigenvalue weighted by atomic mass is 9.99. The lowest BCUT2D eigenvalue weighted by Crippen LogP contribution is -2.37. The van der Waals surface area contributed by atoms with Crippen LogP contribution in [-0.2, 0) is 6.42 Å². The van der Waals surface area contributed by atoms with E-state index in [4.69, 9.17) is 0 Å². The van der Waals surface area contributed by atoms with Crippen LogP contribution in [0.3, 0.4) is 0 Å². The van der Waals surface area contributed by atoms with Crippen molar-refractivity contribution >= 4 is 0 Å². The second kappa shape index (κ2) is 4.75. The first kappa shape index (κ1) is 10.6. The van der Waals surface area contributed by atoms with E-state index in [0.717, 1.165) is 30.6 Å². The highest BCUT2D eigenvalue weighted by atomic mass is 15.2. The third kappa shape index (κ3) is 3.02. The molecule has 0 saturated heterocycles. The molecule has 0 bridgehead atoms. The normalized spacial score (nSPS) is 18.3. The molecule has 2 rings (SSSR count). The third-order valence-electron chi connectivity index (χ3n) is 3.05. The van der Waals surface area contributed by atoms with E-state index in [0.29, 0.717) is 6.04 Å². The molecule has 0 aromatic carbocycles. The number of aromatic amines is 1. The van der Waals surface area contributed by atoms with Crippen molar-refractivity contribution in [1.82, 2.24) is 20.5 Å². The van der Waals surface area contributed by atoms with Gasteiger partial charge in [0.15, 0.2) is 0 Å². The fourth-order valence-electron chi connectivity index (χ4n) is 2.11. The van der Waals surface area contributed by atoms with Crippen LogP contribution < -0.4 is 5.32 Å². The van der Waals surface area contributed by atoms with Crippen molar-refractivity contribution in [2.24, 2.45) is 11.8 Å². The van der Waals surface area contributed by atoms with Gasteiger partial charge in [-0.25, -0.2) is 4.98 Å². The topological polar surface area (TPSA) is 53.6 Å². The van der Waals surface area contributed by atoms with Crippen LogP contribution >= 0.6 is 0 Å². The highest BCUT2D eigenvalue weighted by Crippen LogP contribution is 2.35. The minimum Gasteiger partial charge on any atom is -0.313 e. The highest BCUT2D eigenvalue weighted by molar-refractivity contribution is 4.89. The monoisotopic (exact) mass is 208 g/mol. The zero-order valence-corrected chi connectivity index (χ0v) is 9.53. The SMILES string of the molecule is CC(C)C(NCCc1ncn[nH]1)C1CC1. The lowest BCUT2D eigenvalue weighted by Gasteiger charge is -2.21. The van der Waals surface area contributed by atoms with Gasteiger partial charge in [0, 0.05) is 19.0 Å². The van der Waals surface area contributed by atoms with Crippen molar-refractivity contribution in [2.45, 2.75) is 39.2 Å². The average Bonchev–Trinajstić information content (AvgIpc) is 2.89. The van der Waals surface area contributed by atoms with Gasteiger partial charge in [0.1, 0.15) is 12.2 Å². The summed E-state index contributed by atoms with van der Waals surface area (Å²) in [6.07, 6.45) is 5.31. The molecule has 1 fully saturated rings. The number of nitrogens with one attached hydrogen (secondary N) is 2. The van der Waals surface area contributed by atoms with Crippen LogP contribution in [0.2, 0.25) is 0 Å². The van der Waals surface area contributed by atoms with Crippen molar-refractivity contribution in [2.75, 3.05) is 6.54 Å². The first-order valence-corrected chi connectivity index (χ1v) is 5.85. The standard InChI is InChI=1S/C11H20N4/c1-8(2)11(9-3-4-9)12-6-5-10-13-7-14-15-10/h7-9,11-12H,3-6H2,1-2H3,(H,13,14,15). The summed E-state index contributed by atoms with van der Waals surface area (Å²) in [4.78, 5) is 4.11. The Balaban J connectivity index is 1.71. The molecule has 0 aliphatic heterocycles. The molecule has 1 atom stereocenters.